The summed E-state index contributed by atoms with van der Waals surface area (Å²) in [5.41, 5.74) is 0.0835. The molecule has 40 heavy (non-hydrogen) atoms. The standard InChI is InChI=1S/C28H37FN8O3/c1-26(2,29)16-37-22-10-20(30-11-19(22)24(34-37)35-13-18(14-35)40-3)23-21(12-31-33-23)32-25(38)36-9-8-28(39,17-4-5-17)15-27(36)6-7-27/h10-12,17-18,39H,4-9,13-16H2,1-3H3,(H,31,33)(H,32,38)/t28-/m0/s1. The van der Waals surface area contributed by atoms with Gasteiger partial charge in [0, 0.05) is 38.5 Å². The number of nitrogens with one attached hydrogen (secondary N) is 2. The molecule has 1 atom stereocenters. The van der Waals surface area contributed by atoms with E-state index < -0.39 is 11.3 Å². The van der Waals surface area contributed by atoms with Crippen molar-refractivity contribution in [3.8, 4) is 11.4 Å². The van der Waals surface area contributed by atoms with E-state index >= 15 is 0 Å². The second-order valence-corrected chi connectivity index (χ2v) is 12.8. The van der Waals surface area contributed by atoms with E-state index in [9.17, 15) is 14.3 Å². The Morgan fingerprint density at radius 2 is 2.05 bits per heavy atom. The Hall–Kier alpha value is -3.25. The number of fused-ring (bicyclic) bond motifs is 1. The van der Waals surface area contributed by atoms with E-state index in [1.165, 1.54) is 13.8 Å². The summed E-state index contributed by atoms with van der Waals surface area (Å²) in [5.74, 6) is 1.15. The highest BCUT2D eigenvalue weighted by Gasteiger charge is 2.60. The summed E-state index contributed by atoms with van der Waals surface area (Å²) in [7, 11) is 1.70. The molecule has 3 aromatic heterocycles. The molecule has 1 spiro atoms. The molecule has 2 amide bonds. The lowest BCUT2D eigenvalue weighted by Gasteiger charge is -2.45. The van der Waals surface area contributed by atoms with Gasteiger partial charge in [0.2, 0.25) is 0 Å². The van der Waals surface area contributed by atoms with Crippen molar-refractivity contribution < 1.29 is 19.0 Å². The van der Waals surface area contributed by atoms with Crippen LogP contribution in [0.4, 0.5) is 20.7 Å². The molecule has 0 aromatic carbocycles. The van der Waals surface area contributed by atoms with Gasteiger partial charge in [0.1, 0.15) is 11.4 Å². The van der Waals surface area contributed by atoms with Crippen LogP contribution in [-0.2, 0) is 11.3 Å². The molecule has 0 radical (unpaired) electrons. The number of hydrogen-bond acceptors (Lipinski definition) is 7. The van der Waals surface area contributed by atoms with Gasteiger partial charge in [-0.1, -0.05) is 0 Å². The predicted octanol–water partition coefficient (Wildman–Crippen LogP) is 3.71. The topological polar surface area (TPSA) is 124 Å². The Bertz CT molecular complexity index is 1450. The monoisotopic (exact) mass is 552 g/mol. The summed E-state index contributed by atoms with van der Waals surface area (Å²) in [6.07, 6.45) is 8.78. The Balaban J connectivity index is 1.15. The van der Waals surface area contributed by atoms with Gasteiger partial charge in [-0.2, -0.15) is 10.2 Å². The number of anilines is 2. The average molecular weight is 553 g/mol. The van der Waals surface area contributed by atoms with Gasteiger partial charge in [-0.3, -0.25) is 14.8 Å². The Kier molecular flexibility index (Phi) is 5.70. The number of piperidine rings is 1. The number of pyridine rings is 1. The number of aromatic amines is 1. The summed E-state index contributed by atoms with van der Waals surface area (Å²) in [5, 5.41) is 27.0. The van der Waals surface area contributed by atoms with E-state index in [-0.39, 0.29) is 24.2 Å². The van der Waals surface area contributed by atoms with Crippen LogP contribution in [0.2, 0.25) is 0 Å². The minimum Gasteiger partial charge on any atom is -0.389 e. The minimum atomic E-state index is -1.46. The molecule has 11 nitrogen and oxygen atoms in total. The number of H-pyrrole nitrogens is 1. The zero-order valence-electron chi connectivity index (χ0n) is 23.3. The van der Waals surface area contributed by atoms with Gasteiger partial charge in [-0.15, -0.1) is 0 Å². The van der Waals surface area contributed by atoms with E-state index in [0.29, 0.717) is 42.4 Å². The number of likely N-dealkylation sites (tertiary alicyclic amines) is 1. The van der Waals surface area contributed by atoms with Gasteiger partial charge >= 0.3 is 6.03 Å². The number of rotatable bonds is 7. The fourth-order valence-electron chi connectivity index (χ4n) is 6.59. The second-order valence-electron chi connectivity index (χ2n) is 12.8. The number of halogens is 1. The molecular formula is C28H37FN8O3. The van der Waals surface area contributed by atoms with Crippen LogP contribution in [-0.4, -0.2) is 90.7 Å². The molecule has 2 aliphatic carbocycles. The first-order valence-corrected chi connectivity index (χ1v) is 14.3. The van der Waals surface area contributed by atoms with E-state index in [1.54, 1.807) is 24.2 Å². The third kappa shape index (κ3) is 4.41. The highest BCUT2D eigenvalue weighted by Crippen LogP contribution is 2.56. The number of aliphatic hydroxyl groups is 1. The van der Waals surface area contributed by atoms with Gasteiger partial charge in [0.25, 0.3) is 0 Å². The maximum atomic E-state index is 14.8. The molecule has 7 rings (SSSR count). The molecule has 0 bridgehead atoms. The number of ether oxygens (including phenoxy) is 1. The van der Waals surface area contributed by atoms with Crippen LogP contribution in [0.15, 0.2) is 18.5 Å². The van der Waals surface area contributed by atoms with Crippen molar-refractivity contribution in [1.82, 2.24) is 29.9 Å². The third-order valence-electron chi connectivity index (χ3n) is 9.15. The largest absolute Gasteiger partial charge is 0.389 e. The molecule has 4 aliphatic rings. The lowest BCUT2D eigenvalue weighted by molar-refractivity contribution is -0.0568. The maximum absolute atomic E-state index is 14.8. The zero-order chi connectivity index (χ0) is 27.9. The average Bonchev–Trinajstić information content (AvgIpc) is 3.79. The van der Waals surface area contributed by atoms with E-state index in [1.807, 2.05) is 11.0 Å². The van der Waals surface area contributed by atoms with Crippen LogP contribution in [0.5, 0.6) is 0 Å². The lowest BCUT2D eigenvalue weighted by atomic mass is 9.81. The number of carbonyl (C=O) groups excluding carboxylic acids is 1. The van der Waals surface area contributed by atoms with Crippen molar-refractivity contribution in [3.63, 3.8) is 0 Å². The number of urea groups is 1. The summed E-state index contributed by atoms with van der Waals surface area (Å²) in [6, 6.07) is 1.68. The fraction of sp³-hybridized carbons (Fsp3) is 0.643. The zero-order valence-corrected chi connectivity index (χ0v) is 23.3. The predicted molar refractivity (Wildman–Crippen MR) is 148 cm³/mol. The number of amides is 2. The summed E-state index contributed by atoms with van der Waals surface area (Å²) >= 11 is 0. The Morgan fingerprint density at radius 3 is 2.73 bits per heavy atom. The van der Waals surface area contributed by atoms with Crippen molar-refractivity contribution in [2.24, 2.45) is 5.92 Å². The first kappa shape index (κ1) is 25.7. The highest BCUT2D eigenvalue weighted by molar-refractivity contribution is 5.96. The number of nitrogens with zero attached hydrogens (tertiary/aromatic N) is 6. The number of alkyl halides is 1. The summed E-state index contributed by atoms with van der Waals surface area (Å²) < 4.78 is 21.9. The minimum absolute atomic E-state index is 0.0886. The lowest BCUT2D eigenvalue weighted by Crippen LogP contribution is -2.56. The van der Waals surface area contributed by atoms with Crippen LogP contribution >= 0.6 is 0 Å². The molecule has 12 heteroatoms. The first-order chi connectivity index (χ1) is 19.1. The summed E-state index contributed by atoms with van der Waals surface area (Å²) in [4.78, 5) is 22.2. The van der Waals surface area contributed by atoms with Gasteiger partial charge in [0.15, 0.2) is 5.82 Å². The van der Waals surface area contributed by atoms with Gasteiger partial charge in [0.05, 0.1) is 46.7 Å². The van der Waals surface area contributed by atoms with Gasteiger partial charge < -0.3 is 25.0 Å². The molecule has 3 aromatic rings. The normalized spacial score (nSPS) is 24.5. The van der Waals surface area contributed by atoms with Crippen molar-refractivity contribution in [3.05, 3.63) is 18.5 Å². The molecule has 0 unspecified atom stereocenters. The molecule has 3 N–H and O–H groups in total. The van der Waals surface area contributed by atoms with Crippen LogP contribution in [0.1, 0.15) is 52.4 Å². The van der Waals surface area contributed by atoms with E-state index in [4.69, 9.17) is 14.8 Å². The highest BCUT2D eigenvalue weighted by atomic mass is 19.1. The molecule has 214 valence electrons. The molecule has 2 saturated carbocycles. The second kappa shape index (κ2) is 8.87. The Morgan fingerprint density at radius 1 is 1.27 bits per heavy atom. The fourth-order valence-corrected chi connectivity index (χ4v) is 6.59. The number of hydrogen-bond donors (Lipinski definition) is 3. The number of carbonyl (C=O) groups is 1. The van der Waals surface area contributed by atoms with Crippen LogP contribution in [0.25, 0.3) is 22.3 Å². The number of aromatic nitrogens is 5. The smallest absolute Gasteiger partial charge is 0.322 e. The molecular weight excluding hydrogens is 515 g/mol. The van der Waals surface area contributed by atoms with Gasteiger partial charge in [-0.05, 0) is 64.4 Å². The van der Waals surface area contributed by atoms with Gasteiger partial charge in [-0.25, -0.2) is 9.18 Å². The SMILES string of the molecule is COC1CN(c2nn(CC(C)(C)F)c3cc(-c4[nH]ncc4NC(=O)N4CC[C@@](O)(C5CC5)CC45CC5)ncc23)C1. The van der Waals surface area contributed by atoms with E-state index in [2.05, 4.69) is 20.4 Å². The first-order valence-electron chi connectivity index (χ1n) is 14.3. The van der Waals surface area contributed by atoms with Crippen LogP contribution in [0.3, 0.4) is 0 Å². The third-order valence-corrected chi connectivity index (χ3v) is 9.15. The summed E-state index contributed by atoms with van der Waals surface area (Å²) in [6.45, 7) is 5.14. The number of methoxy groups -OCH3 is 1. The van der Waals surface area contributed by atoms with Crippen molar-refractivity contribution in [2.45, 2.75) is 81.8 Å². The van der Waals surface area contributed by atoms with Crippen molar-refractivity contribution in [2.75, 3.05) is 37.0 Å². The van der Waals surface area contributed by atoms with Crippen molar-refractivity contribution >= 4 is 28.4 Å². The molecule has 4 fully saturated rings. The maximum Gasteiger partial charge on any atom is 0.322 e. The quantitative estimate of drug-likeness (QED) is 0.408. The molecule has 5 heterocycles. The van der Waals surface area contributed by atoms with Crippen molar-refractivity contribution in [1.29, 1.82) is 0 Å². The van der Waals surface area contributed by atoms with Crippen LogP contribution < -0.4 is 10.2 Å². The Labute approximate surface area is 232 Å². The molecule has 2 saturated heterocycles. The van der Waals surface area contributed by atoms with E-state index in [0.717, 1.165) is 55.5 Å². The molecule has 2 aliphatic heterocycles. The van der Waals surface area contributed by atoms with Crippen LogP contribution in [0, 0.1) is 5.92 Å².